The van der Waals surface area contributed by atoms with Crippen molar-refractivity contribution in [3.8, 4) is 0 Å². The van der Waals surface area contributed by atoms with Gasteiger partial charge >= 0.3 is 47.6 Å². The lowest BCUT2D eigenvalue weighted by molar-refractivity contribution is -0.376. The topological polar surface area (TPSA) is 526 Å². The molecule has 5 rings (SSSR count). The van der Waals surface area contributed by atoms with Crippen LogP contribution in [0.15, 0.2) is 5.18 Å². The summed E-state index contributed by atoms with van der Waals surface area (Å²) in [6, 6.07) is 0. The SMILES string of the molecule is CC1[C@@H](O[C@H]2C(O)C(OS(=O)(=O)O)[C@H](O[C@@H]3C(COS(=O)(=O)O)O[C@H](C)C(C)[C@H]3O)O[C@H]2N=O)OC(COS(=O)(=O)O)[C@@H](O[C@@H]2OC(C(=O)O)[C@@H](O[C@H]3OC(COS(=O)(=O)O)[C@@H](O)[C@H](O)C3C)[C@H](O)C2O)[C@@H]1C. The highest BCUT2D eigenvalue weighted by molar-refractivity contribution is 7.81. The summed E-state index contributed by atoms with van der Waals surface area (Å²) < 4.78 is 199. The Morgan fingerprint density at radius 1 is 0.452 bits per heavy atom. The van der Waals surface area contributed by atoms with Crippen molar-refractivity contribution in [2.75, 3.05) is 19.8 Å². The fraction of sp³-hybridized carbons (Fsp3) is 0.971. The molecule has 0 bridgehead atoms. The molecule has 39 heteroatoms. The number of carbonyl (C=O) groups is 1. The van der Waals surface area contributed by atoms with Gasteiger partial charge in [0.05, 0.1) is 44.2 Å². The summed E-state index contributed by atoms with van der Waals surface area (Å²) in [6.07, 6.45) is -41.4. The number of aliphatic carboxylic acids is 1. The molecule has 0 aliphatic carbocycles. The minimum Gasteiger partial charge on any atom is -0.479 e. The molecule has 35 nitrogen and oxygen atoms in total. The third kappa shape index (κ3) is 15.8. The fourth-order valence-electron chi connectivity index (χ4n) is 8.47. The van der Waals surface area contributed by atoms with E-state index in [1.807, 2.05) is 0 Å². The lowest BCUT2D eigenvalue weighted by Gasteiger charge is -2.50. The quantitative estimate of drug-likeness (QED) is 0.0377. The minimum atomic E-state index is -5.61. The molecule has 0 aromatic carbocycles. The average Bonchev–Trinajstić information content (AvgIpc) is 3.27. The summed E-state index contributed by atoms with van der Waals surface area (Å²) in [7, 11) is -21.2. The second kappa shape index (κ2) is 24.3. The van der Waals surface area contributed by atoms with Gasteiger partial charge in [-0.15, -0.1) is 4.91 Å². The number of hydrogen-bond donors (Lipinski definition) is 11. The van der Waals surface area contributed by atoms with Crippen LogP contribution in [0.25, 0.3) is 0 Å². The summed E-state index contributed by atoms with van der Waals surface area (Å²) in [5.74, 6) is -6.26. The summed E-state index contributed by atoms with van der Waals surface area (Å²) in [4.78, 5) is 24.9. The van der Waals surface area contributed by atoms with Gasteiger partial charge in [-0.1, -0.05) is 27.7 Å². The number of nitroso groups, excluding NO2 is 1. The van der Waals surface area contributed by atoms with E-state index in [1.54, 1.807) is 0 Å². The Balaban J connectivity index is 1.37. The number of carboxylic acid groups (broad SMARTS) is 1. The van der Waals surface area contributed by atoms with E-state index in [4.69, 9.17) is 51.7 Å². The molecular weight excluding hydrogens is 1090 g/mol. The molecule has 5 heterocycles. The zero-order valence-corrected chi connectivity index (χ0v) is 41.7. The molecular formula is C34H57NO34S4. The summed E-state index contributed by atoms with van der Waals surface area (Å²) >= 11 is 0. The minimum absolute atomic E-state index is 0.837. The van der Waals surface area contributed by atoms with E-state index >= 15 is 0 Å². The van der Waals surface area contributed by atoms with E-state index < -0.39 is 220 Å². The van der Waals surface area contributed by atoms with Crippen molar-refractivity contribution in [1.82, 2.24) is 0 Å². The number of aliphatic hydroxyl groups excluding tert-OH is 6. The molecule has 5 fully saturated rings. The predicted octanol–water partition coefficient (Wildman–Crippen LogP) is -5.62. The van der Waals surface area contributed by atoms with Gasteiger partial charge in [-0.3, -0.25) is 18.2 Å². The van der Waals surface area contributed by atoms with Crippen LogP contribution in [0.4, 0.5) is 0 Å². The van der Waals surface area contributed by atoms with Crippen molar-refractivity contribution in [3.05, 3.63) is 4.91 Å². The Morgan fingerprint density at radius 3 is 1.45 bits per heavy atom. The highest BCUT2D eigenvalue weighted by atomic mass is 32.3. The first-order chi connectivity index (χ1) is 33.5. The summed E-state index contributed by atoms with van der Waals surface area (Å²) in [5, 5.41) is 79.2. The zero-order valence-electron chi connectivity index (χ0n) is 38.4. The number of rotatable bonds is 21. The maximum atomic E-state index is 12.6. The molecule has 0 saturated carbocycles. The highest BCUT2D eigenvalue weighted by Crippen LogP contribution is 2.41. The lowest BCUT2D eigenvalue weighted by atomic mass is 9.84. The Morgan fingerprint density at radius 2 is 0.932 bits per heavy atom. The van der Waals surface area contributed by atoms with Gasteiger partial charge in [0.15, 0.2) is 37.4 Å². The largest absolute Gasteiger partial charge is 0.479 e. The van der Waals surface area contributed by atoms with Gasteiger partial charge in [0.1, 0.15) is 61.0 Å². The van der Waals surface area contributed by atoms with E-state index in [-0.39, 0.29) is 0 Å². The van der Waals surface area contributed by atoms with Crippen LogP contribution in [-0.2, 0) is 106 Å². The zero-order chi connectivity index (χ0) is 55.0. The molecule has 0 aromatic heterocycles. The van der Waals surface area contributed by atoms with Gasteiger partial charge in [-0.2, -0.15) is 33.7 Å². The van der Waals surface area contributed by atoms with E-state index in [0.717, 1.165) is 0 Å². The smallest absolute Gasteiger partial charge is 0.397 e. The Hall–Kier alpha value is -2.05. The number of hydrogen-bond acceptors (Lipinski definition) is 30. The van der Waals surface area contributed by atoms with Crippen LogP contribution in [0.1, 0.15) is 34.6 Å². The first-order valence-electron chi connectivity index (χ1n) is 21.6. The molecule has 73 heavy (non-hydrogen) atoms. The molecule has 11 N–H and O–H groups in total. The number of nitrogens with zero attached hydrogens (tertiary/aromatic N) is 1. The maximum absolute atomic E-state index is 12.6. The summed E-state index contributed by atoms with van der Waals surface area (Å²) in [6.45, 7) is 3.49. The van der Waals surface area contributed by atoms with Crippen LogP contribution in [0.5, 0.6) is 0 Å². The van der Waals surface area contributed by atoms with Crippen LogP contribution in [0, 0.1) is 28.6 Å². The Kier molecular flexibility index (Phi) is 20.6. The van der Waals surface area contributed by atoms with Crippen molar-refractivity contribution in [3.63, 3.8) is 0 Å². The first-order valence-corrected chi connectivity index (χ1v) is 27.0. The monoisotopic (exact) mass is 1150 g/mol. The standard InChI is InChI=1S/C34H57NO34S4/c1-9-10(2)31(66-26-22(41)27(69-73(54,55)56)34(68-29(26)35-44)64-24-16(8-59-72(51,52)53)60-13(5)11(3)18(24)37)62-15(7-58-71(48,49)50)23(9)63-33-21(40)20(39)25(28(67-33)30(42)43)65-32-12(4)17(36)19(38)14(61-32)6-57-70(45,46)47/h9-29,31-34,36-41H,6-8H2,1-5H3,(H,42,43)(H,45,46,47)(H,48,49,50)(H,51,52,53)(H,54,55,56)/t9-,10?,11?,12?,13-,14?,15?,16?,17-,18-,19-,20-,21?,22?,23+,24-,25+,26+,27?,28?,29-,31-,32-,33-,34-/m1/s1. The maximum Gasteiger partial charge on any atom is 0.397 e. The highest BCUT2D eigenvalue weighted by Gasteiger charge is 2.58. The number of carboxylic acids is 1. The van der Waals surface area contributed by atoms with Crippen LogP contribution < -0.4 is 0 Å². The van der Waals surface area contributed by atoms with E-state index in [1.165, 1.54) is 34.6 Å². The van der Waals surface area contributed by atoms with E-state index in [2.05, 4.69) is 21.9 Å². The lowest BCUT2D eigenvalue weighted by Crippen LogP contribution is -2.66. The first kappa shape index (κ1) is 61.8. The third-order valence-electron chi connectivity index (χ3n) is 12.8. The number of ether oxygens (including phenoxy) is 9. The van der Waals surface area contributed by atoms with Crippen molar-refractivity contribution in [2.45, 2.75) is 164 Å². The Bertz CT molecular complexity index is 2330. The molecule has 0 amide bonds. The average molecular weight is 1150 g/mol. The van der Waals surface area contributed by atoms with E-state index in [9.17, 15) is 88.2 Å². The molecule has 426 valence electrons. The van der Waals surface area contributed by atoms with Gasteiger partial charge in [0.2, 0.25) is 6.23 Å². The molecule has 5 aliphatic heterocycles. The Labute approximate surface area is 415 Å². The van der Waals surface area contributed by atoms with Gasteiger partial charge in [-0.25, -0.2) is 21.5 Å². The van der Waals surface area contributed by atoms with Crippen LogP contribution in [-0.4, -0.2) is 242 Å². The van der Waals surface area contributed by atoms with Crippen LogP contribution >= 0.6 is 0 Å². The van der Waals surface area contributed by atoms with Crippen LogP contribution in [0.2, 0.25) is 0 Å². The predicted molar refractivity (Wildman–Crippen MR) is 224 cm³/mol. The van der Waals surface area contributed by atoms with E-state index in [0.29, 0.717) is 0 Å². The van der Waals surface area contributed by atoms with Gasteiger partial charge < -0.3 is 78.4 Å². The van der Waals surface area contributed by atoms with Gasteiger partial charge in [0, 0.05) is 17.8 Å². The van der Waals surface area contributed by atoms with Crippen molar-refractivity contribution in [1.29, 1.82) is 0 Å². The second-order valence-corrected chi connectivity index (χ2v) is 22.0. The second-order valence-electron chi connectivity index (χ2n) is 17.6. The molecule has 0 spiro atoms. The normalized spacial score (nSPS) is 44.3. The third-order valence-corrected chi connectivity index (χ3v) is 14.5. The number of aliphatic hydroxyl groups is 6. The molecule has 0 radical (unpaired) electrons. The molecule has 5 saturated heterocycles. The summed E-state index contributed by atoms with van der Waals surface area (Å²) in [5.41, 5.74) is 0. The molecule has 0 aromatic rings. The van der Waals surface area contributed by atoms with Crippen molar-refractivity contribution in [2.24, 2.45) is 28.8 Å². The molecule has 5 aliphatic rings. The van der Waals surface area contributed by atoms with Gasteiger partial charge in [-0.05, 0) is 18.0 Å². The van der Waals surface area contributed by atoms with Crippen molar-refractivity contribution >= 4 is 47.6 Å². The molecule has 10 unspecified atom stereocenters. The van der Waals surface area contributed by atoms with Crippen LogP contribution in [0.3, 0.4) is 0 Å². The van der Waals surface area contributed by atoms with Gasteiger partial charge in [0.25, 0.3) is 0 Å². The fourth-order valence-corrected chi connectivity index (χ4v) is 9.88. The van der Waals surface area contributed by atoms with Crippen molar-refractivity contribution < 1.29 is 152 Å². The molecule has 25 atom stereocenters.